The van der Waals surface area contributed by atoms with Gasteiger partial charge in [-0.1, -0.05) is 20.8 Å². The maximum atomic E-state index is 2.94. The molecule has 0 aromatic heterocycles. The first-order valence-corrected chi connectivity index (χ1v) is 15.2. The lowest BCUT2D eigenvalue weighted by Gasteiger charge is -2.60. The first kappa shape index (κ1) is 24.2. The molecule has 194 valence electrons. The molecule has 6 aliphatic rings. The van der Waals surface area contributed by atoms with E-state index < -0.39 is 0 Å². The number of likely N-dealkylation sites (tertiary alicyclic amines) is 3. The molecule has 0 N–H and O–H groups in total. The molecule has 2 spiro atoms. The quantitative estimate of drug-likeness (QED) is 0.471. The van der Waals surface area contributed by atoms with Crippen LogP contribution in [-0.4, -0.2) is 71.6 Å². The second kappa shape index (κ2) is 8.19. The highest BCUT2D eigenvalue weighted by molar-refractivity contribution is 5.06. The summed E-state index contributed by atoms with van der Waals surface area (Å²) in [5.41, 5.74) is 2.35. The molecule has 0 radical (unpaired) electrons. The molecule has 2 atom stereocenters. The lowest BCUT2D eigenvalue weighted by Crippen LogP contribution is -2.59. The van der Waals surface area contributed by atoms with Gasteiger partial charge in [0.2, 0.25) is 0 Å². The van der Waals surface area contributed by atoms with Gasteiger partial charge in [-0.2, -0.15) is 0 Å². The molecule has 3 saturated heterocycles. The first-order chi connectivity index (χ1) is 15.9. The molecule has 3 nitrogen and oxygen atoms in total. The second-order valence-corrected chi connectivity index (χ2v) is 16.3. The van der Waals surface area contributed by atoms with Crippen molar-refractivity contribution in [3.05, 3.63) is 0 Å². The Morgan fingerprint density at radius 2 is 1.03 bits per heavy atom. The highest BCUT2D eigenvalue weighted by atomic mass is 15.2. The Kier molecular flexibility index (Phi) is 5.84. The summed E-state index contributed by atoms with van der Waals surface area (Å²) in [4.78, 5) is 8.62. The van der Waals surface area contributed by atoms with Crippen LogP contribution in [0.25, 0.3) is 0 Å². The molecule has 3 aliphatic carbocycles. The van der Waals surface area contributed by atoms with Gasteiger partial charge in [-0.3, -0.25) is 4.90 Å². The fourth-order valence-electron chi connectivity index (χ4n) is 9.45. The smallest absolute Gasteiger partial charge is 0.0125 e. The van der Waals surface area contributed by atoms with Gasteiger partial charge in [0.05, 0.1) is 0 Å². The van der Waals surface area contributed by atoms with Crippen LogP contribution in [0.4, 0.5) is 0 Å². The lowest BCUT2D eigenvalue weighted by molar-refractivity contribution is -0.0972. The van der Waals surface area contributed by atoms with E-state index in [1.54, 1.807) is 0 Å². The van der Waals surface area contributed by atoms with E-state index in [4.69, 9.17) is 0 Å². The van der Waals surface area contributed by atoms with Crippen molar-refractivity contribution in [1.82, 2.24) is 14.7 Å². The van der Waals surface area contributed by atoms with Crippen LogP contribution in [-0.2, 0) is 0 Å². The van der Waals surface area contributed by atoms with E-state index in [-0.39, 0.29) is 0 Å². The van der Waals surface area contributed by atoms with Gasteiger partial charge in [0.1, 0.15) is 0 Å². The molecule has 0 bridgehead atoms. The fraction of sp³-hybridized carbons (Fsp3) is 1.00. The zero-order chi connectivity index (χ0) is 23.9. The van der Waals surface area contributed by atoms with Crippen LogP contribution in [0.3, 0.4) is 0 Å². The van der Waals surface area contributed by atoms with Gasteiger partial charge in [0.15, 0.2) is 0 Å². The summed E-state index contributed by atoms with van der Waals surface area (Å²) in [5, 5.41) is 0. The van der Waals surface area contributed by atoms with Gasteiger partial charge in [-0.25, -0.2) is 0 Å². The maximum absolute atomic E-state index is 2.94. The van der Waals surface area contributed by atoms with Gasteiger partial charge >= 0.3 is 0 Å². The standard InChI is InChI=1S/C31H55N3/c1-28(2,3)25-17-30(18-25)7-13-33(14-8-30)27-19-31(20-27)9-11-32(12-10-31)26-15-23-21-34(29(4,5)6)22-24(23)16-26/h23-27H,7-22H2,1-6H3. The van der Waals surface area contributed by atoms with Gasteiger partial charge in [0, 0.05) is 30.7 Å². The molecule has 3 saturated carbocycles. The van der Waals surface area contributed by atoms with Crippen LogP contribution in [0.2, 0.25) is 0 Å². The van der Waals surface area contributed by atoms with E-state index >= 15 is 0 Å². The monoisotopic (exact) mass is 469 g/mol. The van der Waals surface area contributed by atoms with Crippen LogP contribution in [0.5, 0.6) is 0 Å². The molecule has 0 aromatic rings. The Labute approximate surface area is 211 Å². The van der Waals surface area contributed by atoms with Crippen molar-refractivity contribution < 1.29 is 0 Å². The summed E-state index contributed by atoms with van der Waals surface area (Å²) < 4.78 is 0. The number of piperidine rings is 2. The summed E-state index contributed by atoms with van der Waals surface area (Å²) in [6, 6.07) is 1.83. The van der Waals surface area contributed by atoms with E-state index in [9.17, 15) is 0 Å². The Morgan fingerprint density at radius 1 is 0.588 bits per heavy atom. The zero-order valence-electron chi connectivity index (χ0n) is 23.5. The van der Waals surface area contributed by atoms with Crippen molar-refractivity contribution >= 4 is 0 Å². The molecular formula is C31H55N3. The van der Waals surface area contributed by atoms with Gasteiger partial charge in [0.25, 0.3) is 0 Å². The molecule has 0 amide bonds. The molecule has 6 fully saturated rings. The average molecular weight is 470 g/mol. The molecule has 3 heteroatoms. The Balaban J connectivity index is 0.923. The van der Waals surface area contributed by atoms with E-state index in [0.717, 1.165) is 40.7 Å². The minimum Gasteiger partial charge on any atom is -0.300 e. The molecule has 6 rings (SSSR count). The molecule has 3 aliphatic heterocycles. The SMILES string of the molecule is CC(C)(C)C1CC2(CCN(C3CC4(CCN(C5CC6CN(C(C)(C)C)CC6C5)CC4)C3)CC2)C1. The number of rotatable bonds is 2. The van der Waals surface area contributed by atoms with Crippen LogP contribution in [0.1, 0.15) is 106 Å². The van der Waals surface area contributed by atoms with E-state index in [0.29, 0.717) is 11.0 Å². The predicted molar refractivity (Wildman–Crippen MR) is 143 cm³/mol. The largest absolute Gasteiger partial charge is 0.300 e. The second-order valence-electron chi connectivity index (χ2n) is 16.3. The average Bonchev–Trinajstić information content (AvgIpc) is 3.29. The number of hydrogen-bond acceptors (Lipinski definition) is 3. The molecule has 2 unspecified atom stereocenters. The highest BCUT2D eigenvalue weighted by Gasteiger charge is 2.53. The van der Waals surface area contributed by atoms with Crippen LogP contribution in [0.15, 0.2) is 0 Å². The summed E-state index contributed by atoms with van der Waals surface area (Å²) >= 11 is 0. The molecular weight excluding hydrogens is 414 g/mol. The van der Waals surface area contributed by atoms with Crippen LogP contribution < -0.4 is 0 Å². The van der Waals surface area contributed by atoms with Gasteiger partial charge in [-0.05, 0) is 145 Å². The van der Waals surface area contributed by atoms with E-state index in [2.05, 4.69) is 56.2 Å². The Morgan fingerprint density at radius 3 is 1.47 bits per heavy atom. The van der Waals surface area contributed by atoms with Crippen LogP contribution in [0, 0.1) is 34.0 Å². The van der Waals surface area contributed by atoms with Gasteiger partial charge < -0.3 is 9.80 Å². The minimum absolute atomic E-state index is 0.361. The third-order valence-corrected chi connectivity index (χ3v) is 12.3. The number of fused-ring (bicyclic) bond motifs is 1. The predicted octanol–water partition coefficient (Wildman–Crippen LogP) is 6.28. The van der Waals surface area contributed by atoms with Crippen molar-refractivity contribution in [2.45, 2.75) is 123 Å². The van der Waals surface area contributed by atoms with Crippen molar-refractivity contribution in [2.75, 3.05) is 39.3 Å². The van der Waals surface area contributed by atoms with Crippen molar-refractivity contribution in [1.29, 1.82) is 0 Å². The summed E-state index contributed by atoms with van der Waals surface area (Å²) in [6.45, 7) is 22.9. The summed E-state index contributed by atoms with van der Waals surface area (Å²) in [6.07, 6.45) is 15.0. The highest BCUT2D eigenvalue weighted by Crippen LogP contribution is 2.59. The molecule has 34 heavy (non-hydrogen) atoms. The minimum atomic E-state index is 0.361. The number of nitrogens with zero attached hydrogens (tertiary/aromatic N) is 3. The molecule has 0 aromatic carbocycles. The summed E-state index contributed by atoms with van der Waals surface area (Å²) in [5.74, 6) is 2.93. The topological polar surface area (TPSA) is 9.72 Å². The van der Waals surface area contributed by atoms with Crippen molar-refractivity contribution in [3.8, 4) is 0 Å². The molecule has 3 heterocycles. The Bertz CT molecular complexity index is 714. The van der Waals surface area contributed by atoms with Crippen molar-refractivity contribution in [3.63, 3.8) is 0 Å². The normalized spacial score (nSPS) is 39.4. The van der Waals surface area contributed by atoms with E-state index in [1.807, 2.05) is 0 Å². The van der Waals surface area contributed by atoms with E-state index in [1.165, 1.54) is 103 Å². The van der Waals surface area contributed by atoms with Gasteiger partial charge in [-0.15, -0.1) is 0 Å². The lowest BCUT2D eigenvalue weighted by atomic mass is 9.51. The third kappa shape index (κ3) is 4.32. The van der Waals surface area contributed by atoms with Crippen molar-refractivity contribution in [2.24, 2.45) is 34.0 Å². The first-order valence-electron chi connectivity index (χ1n) is 15.2. The number of hydrogen-bond donors (Lipinski definition) is 0. The Hall–Kier alpha value is -0.120. The maximum Gasteiger partial charge on any atom is 0.0125 e. The zero-order valence-corrected chi connectivity index (χ0v) is 23.5. The fourth-order valence-corrected chi connectivity index (χ4v) is 9.45. The summed E-state index contributed by atoms with van der Waals surface area (Å²) in [7, 11) is 0. The third-order valence-electron chi connectivity index (χ3n) is 12.3. The van der Waals surface area contributed by atoms with Crippen LogP contribution >= 0.6 is 0 Å².